The monoisotopic (exact) mass is 438 g/mol. The topological polar surface area (TPSA) is 91.4 Å². The minimum Gasteiger partial charge on any atom is -0.494 e. The van der Waals surface area contributed by atoms with Crippen molar-refractivity contribution in [1.29, 1.82) is 0 Å². The van der Waals surface area contributed by atoms with Crippen LogP contribution in [-0.4, -0.2) is 40.1 Å². The quantitative estimate of drug-likeness (QED) is 0.409. The number of furan rings is 1. The van der Waals surface area contributed by atoms with E-state index >= 15 is 0 Å². The molecule has 0 fully saturated rings. The molecule has 0 atom stereocenters. The predicted octanol–water partition coefficient (Wildman–Crippen LogP) is 4.37. The van der Waals surface area contributed by atoms with Crippen LogP contribution in [0, 0.1) is 0 Å². The second-order valence-electron chi connectivity index (χ2n) is 6.65. The molecule has 4 rings (SSSR count). The maximum Gasteiger partial charge on any atom is 0.234 e. The van der Waals surface area contributed by atoms with Gasteiger partial charge in [0.25, 0.3) is 0 Å². The largest absolute Gasteiger partial charge is 0.494 e. The number of fused-ring (bicyclic) bond motifs is 1. The first-order valence-corrected chi connectivity index (χ1v) is 10.7. The summed E-state index contributed by atoms with van der Waals surface area (Å²) in [5.41, 5.74) is 1.37. The van der Waals surface area contributed by atoms with Gasteiger partial charge in [0.2, 0.25) is 5.91 Å². The summed E-state index contributed by atoms with van der Waals surface area (Å²) in [6.07, 6.45) is 0. The molecule has 0 radical (unpaired) electrons. The van der Waals surface area contributed by atoms with Crippen LogP contribution < -0.4 is 14.8 Å². The van der Waals surface area contributed by atoms with Gasteiger partial charge in [0, 0.05) is 18.1 Å². The van der Waals surface area contributed by atoms with Crippen LogP contribution in [-0.2, 0) is 11.8 Å². The number of nitrogens with zero attached hydrogens (tertiary/aromatic N) is 3. The third-order valence-electron chi connectivity index (χ3n) is 4.56. The summed E-state index contributed by atoms with van der Waals surface area (Å²) >= 11 is 1.30. The molecule has 4 aromatic rings. The first kappa shape index (κ1) is 20.8. The van der Waals surface area contributed by atoms with Gasteiger partial charge in [-0.15, -0.1) is 10.2 Å². The zero-order valence-electron chi connectivity index (χ0n) is 17.4. The molecule has 0 aliphatic carbocycles. The summed E-state index contributed by atoms with van der Waals surface area (Å²) in [5.74, 6) is 2.66. The molecule has 2 heterocycles. The van der Waals surface area contributed by atoms with E-state index in [1.807, 2.05) is 62.5 Å². The maximum atomic E-state index is 12.3. The molecule has 0 bridgehead atoms. The molecular weight excluding hydrogens is 416 g/mol. The molecule has 0 unspecified atom stereocenters. The fourth-order valence-corrected chi connectivity index (χ4v) is 3.80. The molecule has 0 spiro atoms. The molecule has 160 valence electrons. The van der Waals surface area contributed by atoms with Crippen LogP contribution >= 0.6 is 11.8 Å². The summed E-state index contributed by atoms with van der Waals surface area (Å²) in [6.45, 7) is 2.53. The van der Waals surface area contributed by atoms with Crippen molar-refractivity contribution >= 4 is 34.3 Å². The van der Waals surface area contributed by atoms with Gasteiger partial charge in [0.05, 0.1) is 19.5 Å². The first-order valence-electron chi connectivity index (χ1n) is 9.71. The molecule has 1 N–H and O–H groups in total. The van der Waals surface area contributed by atoms with Gasteiger partial charge in [-0.1, -0.05) is 23.9 Å². The van der Waals surface area contributed by atoms with Crippen LogP contribution in [0.25, 0.3) is 22.6 Å². The first-order chi connectivity index (χ1) is 15.1. The van der Waals surface area contributed by atoms with E-state index in [1.165, 1.54) is 11.8 Å². The number of para-hydroxylation sites is 1. The molecule has 2 aromatic carbocycles. The number of carbonyl (C=O) groups is 1. The number of hydrogen-bond donors (Lipinski definition) is 1. The fourth-order valence-electron chi connectivity index (χ4n) is 3.09. The van der Waals surface area contributed by atoms with Gasteiger partial charge >= 0.3 is 0 Å². The molecule has 8 nitrogen and oxygen atoms in total. The summed E-state index contributed by atoms with van der Waals surface area (Å²) in [7, 11) is 3.44. The molecule has 2 aromatic heterocycles. The van der Waals surface area contributed by atoms with Gasteiger partial charge in [0.1, 0.15) is 5.75 Å². The Balaban J connectivity index is 1.42. The Morgan fingerprint density at radius 1 is 1.19 bits per heavy atom. The van der Waals surface area contributed by atoms with E-state index in [4.69, 9.17) is 13.9 Å². The number of amides is 1. The van der Waals surface area contributed by atoms with E-state index in [0.29, 0.717) is 40.4 Å². The molecule has 1 amide bonds. The van der Waals surface area contributed by atoms with Gasteiger partial charge in [-0.05, 0) is 43.3 Å². The number of aromatic nitrogens is 3. The number of benzene rings is 2. The van der Waals surface area contributed by atoms with Crippen LogP contribution in [0.5, 0.6) is 11.5 Å². The van der Waals surface area contributed by atoms with Gasteiger partial charge in [-0.25, -0.2) is 0 Å². The minimum absolute atomic E-state index is 0.132. The Labute approximate surface area is 183 Å². The van der Waals surface area contributed by atoms with Crippen molar-refractivity contribution in [3.8, 4) is 23.1 Å². The maximum absolute atomic E-state index is 12.3. The zero-order chi connectivity index (χ0) is 21.8. The SMILES string of the molecule is CCOc1ccc(NC(=O)CSc2nnc(-c3cc4cccc(OC)c4o3)n2C)cc1. The Morgan fingerprint density at radius 2 is 2.00 bits per heavy atom. The summed E-state index contributed by atoms with van der Waals surface area (Å²) in [5, 5.41) is 12.8. The van der Waals surface area contributed by atoms with Crippen LogP contribution in [0.2, 0.25) is 0 Å². The Hall–Kier alpha value is -3.46. The van der Waals surface area contributed by atoms with Crippen LogP contribution in [0.3, 0.4) is 0 Å². The Kier molecular flexibility index (Phi) is 6.13. The van der Waals surface area contributed by atoms with Gasteiger partial charge in [0.15, 0.2) is 28.1 Å². The number of methoxy groups -OCH3 is 1. The van der Waals surface area contributed by atoms with Crippen molar-refractivity contribution in [3.05, 3.63) is 48.5 Å². The van der Waals surface area contributed by atoms with E-state index in [1.54, 1.807) is 11.7 Å². The van der Waals surface area contributed by atoms with Crippen molar-refractivity contribution in [1.82, 2.24) is 14.8 Å². The van der Waals surface area contributed by atoms with Crippen LogP contribution in [0.1, 0.15) is 6.92 Å². The normalized spacial score (nSPS) is 10.9. The molecule has 0 aliphatic heterocycles. The van der Waals surface area contributed by atoms with Crippen molar-refractivity contribution < 1.29 is 18.7 Å². The molecule has 0 saturated heterocycles. The number of anilines is 1. The number of nitrogens with one attached hydrogen (secondary N) is 1. The fraction of sp³-hybridized carbons (Fsp3) is 0.227. The second-order valence-corrected chi connectivity index (χ2v) is 7.59. The van der Waals surface area contributed by atoms with Crippen molar-refractivity contribution in [3.63, 3.8) is 0 Å². The Morgan fingerprint density at radius 3 is 2.74 bits per heavy atom. The highest BCUT2D eigenvalue weighted by molar-refractivity contribution is 7.99. The Bertz CT molecular complexity index is 1200. The molecule has 0 aliphatic rings. The number of hydrogen-bond acceptors (Lipinski definition) is 7. The van der Waals surface area contributed by atoms with E-state index in [-0.39, 0.29) is 11.7 Å². The highest BCUT2D eigenvalue weighted by atomic mass is 32.2. The van der Waals surface area contributed by atoms with E-state index in [9.17, 15) is 4.79 Å². The van der Waals surface area contributed by atoms with Gasteiger partial charge in [-0.3, -0.25) is 4.79 Å². The lowest BCUT2D eigenvalue weighted by Gasteiger charge is -2.07. The zero-order valence-corrected chi connectivity index (χ0v) is 18.2. The third kappa shape index (κ3) is 4.51. The highest BCUT2D eigenvalue weighted by Crippen LogP contribution is 2.33. The van der Waals surface area contributed by atoms with E-state index in [2.05, 4.69) is 15.5 Å². The van der Waals surface area contributed by atoms with Crippen molar-refractivity contribution in [2.45, 2.75) is 12.1 Å². The van der Waals surface area contributed by atoms with Crippen molar-refractivity contribution in [2.24, 2.45) is 7.05 Å². The summed E-state index contributed by atoms with van der Waals surface area (Å²) in [6, 6.07) is 14.9. The lowest BCUT2D eigenvalue weighted by atomic mass is 10.2. The third-order valence-corrected chi connectivity index (χ3v) is 5.58. The lowest BCUT2D eigenvalue weighted by Crippen LogP contribution is -2.14. The predicted molar refractivity (Wildman–Crippen MR) is 120 cm³/mol. The lowest BCUT2D eigenvalue weighted by molar-refractivity contribution is -0.113. The molecule has 31 heavy (non-hydrogen) atoms. The standard InChI is InChI=1S/C22H22N4O4S/c1-4-29-16-10-8-15(9-11-16)23-19(27)13-31-22-25-24-21(26(22)2)18-12-14-6-5-7-17(28-3)20(14)30-18/h5-12H,4,13H2,1-3H3,(H,23,27). The average Bonchev–Trinajstić information content (AvgIpc) is 3.36. The summed E-state index contributed by atoms with van der Waals surface area (Å²) in [4.78, 5) is 12.3. The van der Waals surface area contributed by atoms with E-state index in [0.717, 1.165) is 11.1 Å². The van der Waals surface area contributed by atoms with Gasteiger partial charge in [-0.2, -0.15) is 0 Å². The smallest absolute Gasteiger partial charge is 0.234 e. The van der Waals surface area contributed by atoms with Crippen LogP contribution in [0.15, 0.2) is 58.1 Å². The van der Waals surface area contributed by atoms with Crippen molar-refractivity contribution in [2.75, 3.05) is 24.8 Å². The van der Waals surface area contributed by atoms with Gasteiger partial charge < -0.3 is 23.8 Å². The molecular formula is C22H22N4O4S. The number of carbonyl (C=O) groups excluding carboxylic acids is 1. The average molecular weight is 439 g/mol. The van der Waals surface area contributed by atoms with Crippen LogP contribution in [0.4, 0.5) is 5.69 Å². The number of thioether (sulfide) groups is 1. The van der Waals surface area contributed by atoms with E-state index < -0.39 is 0 Å². The minimum atomic E-state index is -0.132. The number of ether oxygens (including phenoxy) is 2. The highest BCUT2D eigenvalue weighted by Gasteiger charge is 2.17. The molecule has 0 saturated carbocycles. The number of rotatable bonds is 8. The molecule has 9 heteroatoms. The second kappa shape index (κ2) is 9.13. The summed E-state index contributed by atoms with van der Waals surface area (Å²) < 4.78 is 18.5.